The molecule has 5 N–H and O–H groups in total. The van der Waals surface area contributed by atoms with Gasteiger partial charge in [0.1, 0.15) is 0 Å². The van der Waals surface area contributed by atoms with Gasteiger partial charge in [0, 0.05) is 50.8 Å². The molecule has 0 spiro atoms. The predicted octanol–water partition coefficient (Wildman–Crippen LogP) is 7.50. The molecule has 0 aliphatic rings. The molecule has 3 heterocycles. The molecule has 0 fully saturated rings. The third-order valence-corrected chi connectivity index (χ3v) is 7.99. The monoisotopic (exact) mass is 514 g/mol. The van der Waals surface area contributed by atoms with Crippen LogP contribution in [0.2, 0.25) is 0 Å². The number of nitrogens with zero attached hydrogens (tertiary/aromatic N) is 2. The molecular weight excluding hydrogens is 486 g/mol. The third-order valence-electron chi connectivity index (χ3n) is 6.79. The minimum absolute atomic E-state index is 0.719. The van der Waals surface area contributed by atoms with Crippen molar-refractivity contribution in [2.45, 2.75) is 13.8 Å². The maximum absolute atomic E-state index is 6.90. The number of fused-ring (bicyclic) bond motifs is 2. The first-order chi connectivity index (χ1) is 18.6. The Morgan fingerprint density at radius 2 is 1.66 bits per heavy atom. The summed E-state index contributed by atoms with van der Waals surface area (Å²) >= 11 is 1.67. The summed E-state index contributed by atoms with van der Waals surface area (Å²) < 4.78 is 3.38. The van der Waals surface area contributed by atoms with Crippen LogP contribution in [-0.4, -0.2) is 10.3 Å². The third kappa shape index (κ3) is 3.96. The Hall–Kier alpha value is -4.68. The summed E-state index contributed by atoms with van der Waals surface area (Å²) in [4.78, 5) is 9.00. The summed E-state index contributed by atoms with van der Waals surface area (Å²) in [6, 6.07) is 29.1. The first kappa shape index (κ1) is 23.7. The molecule has 0 amide bonds. The molecule has 0 saturated heterocycles. The summed E-state index contributed by atoms with van der Waals surface area (Å²) in [6.07, 6.45) is 5.69. The average molecular weight is 515 g/mol. The van der Waals surface area contributed by atoms with E-state index in [9.17, 15) is 0 Å². The van der Waals surface area contributed by atoms with Gasteiger partial charge < -0.3 is 16.0 Å². The van der Waals surface area contributed by atoms with Crippen molar-refractivity contribution in [3.05, 3.63) is 109 Å². The maximum Gasteiger partial charge on any atom is 0.210 e. The number of H-pyrrole nitrogens is 1. The molecular formula is C32H28N5S+. The molecule has 3 aromatic carbocycles. The highest BCUT2D eigenvalue weighted by atomic mass is 32.1. The second-order valence-corrected chi connectivity index (χ2v) is 10.2. The number of aromatic amines is 1. The Kier molecular flexibility index (Phi) is 6.02. The summed E-state index contributed by atoms with van der Waals surface area (Å²) in [5, 5.41) is 2.04. The van der Waals surface area contributed by atoms with Crippen LogP contribution < -0.4 is 16.5 Å². The van der Waals surface area contributed by atoms with Gasteiger partial charge in [-0.05, 0) is 55.8 Å². The molecule has 0 radical (unpaired) electrons. The van der Waals surface area contributed by atoms with Crippen LogP contribution >= 0.6 is 11.3 Å². The zero-order valence-electron chi connectivity index (χ0n) is 21.3. The van der Waals surface area contributed by atoms with Crippen LogP contribution in [0.5, 0.6) is 0 Å². The van der Waals surface area contributed by atoms with E-state index in [0.717, 1.165) is 71.2 Å². The molecule has 3 aromatic heterocycles. The number of rotatable bonds is 5. The SMILES string of the molecule is C/C=C\N=C(C)c1cc(-c2cccc[nH+]2)cc(-n2c(-c3sc4ccccc4c3N)c(N)c3ccccc32)c1. The quantitative estimate of drug-likeness (QED) is 0.233. The van der Waals surface area contributed by atoms with Gasteiger partial charge >= 0.3 is 0 Å². The van der Waals surface area contributed by atoms with Crippen LogP contribution in [0, 0.1) is 0 Å². The van der Waals surface area contributed by atoms with Gasteiger partial charge in [-0.1, -0.05) is 42.5 Å². The molecule has 6 aromatic rings. The number of aromatic nitrogens is 2. The number of nitrogen functional groups attached to an aromatic ring is 2. The summed E-state index contributed by atoms with van der Waals surface area (Å²) in [5.41, 5.74) is 22.1. The normalized spacial score (nSPS) is 12.2. The minimum atomic E-state index is 0.719. The highest BCUT2D eigenvalue weighted by Gasteiger charge is 2.23. The lowest BCUT2D eigenvalue weighted by Crippen LogP contribution is -2.07. The smallest absolute Gasteiger partial charge is 0.210 e. The van der Waals surface area contributed by atoms with E-state index in [1.165, 1.54) is 0 Å². The topological polar surface area (TPSA) is 83.5 Å². The first-order valence-corrected chi connectivity index (χ1v) is 13.3. The average Bonchev–Trinajstić information content (AvgIpc) is 3.45. The molecule has 6 rings (SSSR count). The Balaban J connectivity index is 1.70. The number of anilines is 2. The Morgan fingerprint density at radius 1 is 0.895 bits per heavy atom. The van der Waals surface area contributed by atoms with Gasteiger partial charge in [-0.15, -0.1) is 11.3 Å². The van der Waals surface area contributed by atoms with E-state index >= 15 is 0 Å². The molecule has 0 saturated carbocycles. The standard InChI is InChI=1S/C32H27N5S/c1-3-15-35-20(2)21-17-22(26-12-8-9-16-36-26)19-23(18-21)37-27-13-6-4-10-24(27)29(33)31(37)32-30(34)25-11-5-7-14-28(25)38-32/h3-19H,33-34H2,1-2H3/p+1/b15-3-,35-20?. The van der Waals surface area contributed by atoms with Crippen molar-refractivity contribution in [2.75, 3.05) is 11.5 Å². The Morgan fingerprint density at radius 3 is 2.42 bits per heavy atom. The first-order valence-electron chi connectivity index (χ1n) is 12.5. The number of hydrogen-bond donors (Lipinski definition) is 2. The minimum Gasteiger partial charge on any atom is -0.397 e. The Bertz CT molecular complexity index is 1860. The number of benzene rings is 3. The van der Waals surface area contributed by atoms with Crippen molar-refractivity contribution in [3.8, 4) is 27.5 Å². The zero-order valence-corrected chi connectivity index (χ0v) is 22.1. The highest BCUT2D eigenvalue weighted by molar-refractivity contribution is 7.23. The molecule has 0 aliphatic carbocycles. The number of thiophene rings is 1. The molecule has 186 valence electrons. The summed E-state index contributed by atoms with van der Waals surface area (Å²) in [5.74, 6) is 0. The van der Waals surface area contributed by atoms with Gasteiger partial charge in [-0.2, -0.15) is 0 Å². The molecule has 0 bridgehead atoms. The molecule has 6 heteroatoms. The van der Waals surface area contributed by atoms with E-state index in [1.54, 1.807) is 11.3 Å². The molecule has 0 atom stereocenters. The molecule has 38 heavy (non-hydrogen) atoms. The number of pyridine rings is 1. The fourth-order valence-electron chi connectivity index (χ4n) is 4.94. The van der Waals surface area contributed by atoms with Crippen LogP contribution in [0.3, 0.4) is 0 Å². The van der Waals surface area contributed by atoms with Crippen molar-refractivity contribution in [3.63, 3.8) is 0 Å². The second-order valence-electron chi connectivity index (χ2n) is 9.20. The van der Waals surface area contributed by atoms with Crippen LogP contribution in [0.1, 0.15) is 19.4 Å². The van der Waals surface area contributed by atoms with Crippen molar-refractivity contribution in [1.82, 2.24) is 4.57 Å². The van der Waals surface area contributed by atoms with Crippen molar-refractivity contribution >= 4 is 49.4 Å². The van der Waals surface area contributed by atoms with E-state index in [4.69, 9.17) is 11.5 Å². The number of para-hydroxylation sites is 1. The number of hydrogen-bond acceptors (Lipinski definition) is 4. The van der Waals surface area contributed by atoms with Crippen LogP contribution in [0.15, 0.2) is 108 Å². The summed E-state index contributed by atoms with van der Waals surface area (Å²) in [6.45, 7) is 4.00. The predicted molar refractivity (Wildman–Crippen MR) is 162 cm³/mol. The van der Waals surface area contributed by atoms with Crippen LogP contribution in [-0.2, 0) is 0 Å². The van der Waals surface area contributed by atoms with Gasteiger partial charge in [0.25, 0.3) is 0 Å². The number of allylic oxidation sites excluding steroid dienone is 1. The van der Waals surface area contributed by atoms with Gasteiger partial charge in [0.2, 0.25) is 5.69 Å². The maximum atomic E-state index is 6.90. The van der Waals surface area contributed by atoms with E-state index in [-0.39, 0.29) is 0 Å². The van der Waals surface area contributed by atoms with Crippen LogP contribution in [0.25, 0.3) is 48.5 Å². The van der Waals surface area contributed by atoms with E-state index in [1.807, 2.05) is 68.7 Å². The van der Waals surface area contributed by atoms with E-state index < -0.39 is 0 Å². The Labute approximate surface area is 225 Å². The van der Waals surface area contributed by atoms with Gasteiger partial charge in [-0.3, -0.25) is 4.99 Å². The fraction of sp³-hybridized carbons (Fsp3) is 0.0625. The number of nitrogens with two attached hydrogens (primary N) is 2. The largest absolute Gasteiger partial charge is 0.397 e. The lowest BCUT2D eigenvalue weighted by Gasteiger charge is -2.14. The van der Waals surface area contributed by atoms with E-state index in [0.29, 0.717) is 0 Å². The molecule has 0 unspecified atom stereocenters. The van der Waals surface area contributed by atoms with Crippen molar-refractivity contribution in [1.29, 1.82) is 0 Å². The number of aliphatic imine (C=N–C) groups is 1. The summed E-state index contributed by atoms with van der Waals surface area (Å²) in [7, 11) is 0. The van der Waals surface area contributed by atoms with Gasteiger partial charge in [0.15, 0.2) is 6.20 Å². The fourth-order valence-corrected chi connectivity index (χ4v) is 6.11. The van der Waals surface area contributed by atoms with Crippen molar-refractivity contribution in [2.24, 2.45) is 4.99 Å². The second kappa shape index (κ2) is 9.65. The zero-order chi connectivity index (χ0) is 26.2. The van der Waals surface area contributed by atoms with Gasteiger partial charge in [0.05, 0.1) is 27.5 Å². The van der Waals surface area contributed by atoms with E-state index in [2.05, 4.69) is 63.1 Å². The van der Waals surface area contributed by atoms with Crippen molar-refractivity contribution < 1.29 is 4.98 Å². The lowest BCUT2D eigenvalue weighted by molar-refractivity contribution is -0.364. The molecule has 5 nitrogen and oxygen atoms in total. The molecule has 0 aliphatic heterocycles. The van der Waals surface area contributed by atoms with Gasteiger partial charge in [-0.25, -0.2) is 4.98 Å². The lowest BCUT2D eigenvalue weighted by atomic mass is 10.0. The highest BCUT2D eigenvalue weighted by Crippen LogP contribution is 2.47. The number of nitrogens with one attached hydrogen (secondary N) is 1. The van der Waals surface area contributed by atoms with Crippen LogP contribution in [0.4, 0.5) is 11.4 Å².